The molecule has 6 nitrogen and oxygen atoms in total. The van der Waals surface area contributed by atoms with Crippen LogP contribution in [0.2, 0.25) is 0 Å². The molecule has 90 valence electrons. The molecule has 0 unspecified atom stereocenters. The van der Waals surface area contributed by atoms with Gasteiger partial charge in [0.05, 0.1) is 4.92 Å². The van der Waals surface area contributed by atoms with E-state index in [2.05, 4.69) is 4.98 Å². The Bertz CT molecular complexity index is 611. The topological polar surface area (TPSA) is 99.1 Å². The highest BCUT2D eigenvalue weighted by molar-refractivity contribution is 6.08. The van der Waals surface area contributed by atoms with Crippen LogP contribution in [0.4, 0.5) is 11.4 Å². The van der Waals surface area contributed by atoms with Crippen LogP contribution >= 0.6 is 0 Å². The average Bonchev–Trinajstić information content (AvgIpc) is 2.38. The predicted molar refractivity (Wildman–Crippen MR) is 65.2 cm³/mol. The molecule has 1 aromatic carbocycles. The molecule has 2 N–H and O–H groups in total. The standard InChI is InChI=1S/C12H9N3O3/c13-9-5-8(6-10(7-9)15(17)18)12(16)11-3-1-2-4-14-11/h1-7H,13H2. The van der Waals surface area contributed by atoms with Gasteiger partial charge in [0.2, 0.25) is 5.78 Å². The van der Waals surface area contributed by atoms with Gasteiger partial charge >= 0.3 is 0 Å². The number of nitro groups is 1. The number of pyridine rings is 1. The SMILES string of the molecule is Nc1cc(C(=O)c2ccccn2)cc([N+](=O)[O-])c1. The van der Waals surface area contributed by atoms with Gasteiger partial charge in [0.15, 0.2) is 0 Å². The number of benzene rings is 1. The van der Waals surface area contributed by atoms with Crippen molar-refractivity contribution in [2.24, 2.45) is 0 Å². The lowest BCUT2D eigenvalue weighted by molar-refractivity contribution is -0.384. The molecule has 6 heteroatoms. The second-order valence-corrected chi connectivity index (χ2v) is 3.61. The number of aromatic nitrogens is 1. The number of nitrogens with zero attached hydrogens (tertiary/aromatic N) is 2. The predicted octanol–water partition coefficient (Wildman–Crippen LogP) is 1.80. The first-order valence-corrected chi connectivity index (χ1v) is 5.08. The summed E-state index contributed by atoms with van der Waals surface area (Å²) in [5.41, 5.74) is 5.87. The van der Waals surface area contributed by atoms with Crippen LogP contribution in [0.5, 0.6) is 0 Å². The normalized spacial score (nSPS) is 10.0. The van der Waals surface area contributed by atoms with Gasteiger partial charge in [0, 0.05) is 29.6 Å². The second kappa shape index (κ2) is 4.62. The summed E-state index contributed by atoms with van der Waals surface area (Å²) in [7, 11) is 0. The van der Waals surface area contributed by atoms with E-state index in [-0.39, 0.29) is 22.6 Å². The van der Waals surface area contributed by atoms with Gasteiger partial charge in [0.25, 0.3) is 5.69 Å². The lowest BCUT2D eigenvalue weighted by Crippen LogP contribution is -2.05. The molecule has 2 aromatic rings. The van der Waals surface area contributed by atoms with Gasteiger partial charge in [0.1, 0.15) is 5.69 Å². The summed E-state index contributed by atoms with van der Waals surface area (Å²) < 4.78 is 0. The number of ketones is 1. The highest BCUT2D eigenvalue weighted by Crippen LogP contribution is 2.20. The molecule has 0 atom stereocenters. The third-order valence-corrected chi connectivity index (χ3v) is 2.31. The van der Waals surface area contributed by atoms with Crippen LogP contribution in [0.15, 0.2) is 42.6 Å². The van der Waals surface area contributed by atoms with Crippen molar-refractivity contribution in [3.63, 3.8) is 0 Å². The number of carbonyl (C=O) groups excluding carboxylic acids is 1. The highest BCUT2D eigenvalue weighted by atomic mass is 16.6. The maximum atomic E-state index is 12.0. The molecular formula is C12H9N3O3. The summed E-state index contributed by atoms with van der Waals surface area (Å²) in [6.45, 7) is 0. The number of nitro benzene ring substituents is 1. The van der Waals surface area contributed by atoms with Crippen molar-refractivity contribution in [1.82, 2.24) is 4.98 Å². The Morgan fingerprint density at radius 2 is 2.06 bits per heavy atom. The summed E-state index contributed by atoms with van der Waals surface area (Å²) in [5, 5.41) is 10.7. The van der Waals surface area contributed by atoms with Crippen LogP contribution < -0.4 is 5.73 Å². The van der Waals surface area contributed by atoms with Crippen molar-refractivity contribution in [2.45, 2.75) is 0 Å². The van der Waals surface area contributed by atoms with Crippen molar-refractivity contribution in [2.75, 3.05) is 5.73 Å². The first-order chi connectivity index (χ1) is 8.58. The molecule has 0 fully saturated rings. The van der Waals surface area contributed by atoms with Gasteiger partial charge in [-0.05, 0) is 18.2 Å². The summed E-state index contributed by atoms with van der Waals surface area (Å²) in [6.07, 6.45) is 1.48. The maximum absolute atomic E-state index is 12.0. The largest absolute Gasteiger partial charge is 0.399 e. The number of hydrogen-bond acceptors (Lipinski definition) is 5. The third kappa shape index (κ3) is 2.32. The minimum atomic E-state index is -0.592. The minimum Gasteiger partial charge on any atom is -0.399 e. The van der Waals surface area contributed by atoms with Crippen LogP contribution in [0.25, 0.3) is 0 Å². The Morgan fingerprint density at radius 1 is 1.28 bits per heavy atom. The minimum absolute atomic E-state index is 0.153. The van der Waals surface area contributed by atoms with Crippen molar-refractivity contribution < 1.29 is 9.72 Å². The molecule has 0 spiro atoms. The number of anilines is 1. The van der Waals surface area contributed by atoms with E-state index in [1.54, 1.807) is 12.1 Å². The summed E-state index contributed by atoms with van der Waals surface area (Å²) in [6, 6.07) is 8.67. The zero-order valence-corrected chi connectivity index (χ0v) is 9.24. The second-order valence-electron chi connectivity index (χ2n) is 3.61. The molecule has 0 aliphatic heterocycles. The monoisotopic (exact) mass is 243 g/mol. The number of hydrogen-bond donors (Lipinski definition) is 1. The molecular weight excluding hydrogens is 234 g/mol. The van der Waals surface area contributed by atoms with E-state index in [9.17, 15) is 14.9 Å². The van der Waals surface area contributed by atoms with Crippen molar-refractivity contribution in [3.05, 3.63) is 64.0 Å². The zero-order valence-electron chi connectivity index (χ0n) is 9.24. The quantitative estimate of drug-likeness (QED) is 0.383. The van der Waals surface area contributed by atoms with E-state index < -0.39 is 10.7 Å². The van der Waals surface area contributed by atoms with E-state index >= 15 is 0 Å². The first-order valence-electron chi connectivity index (χ1n) is 5.08. The summed E-state index contributed by atoms with van der Waals surface area (Å²) in [5.74, 6) is -0.397. The Balaban J connectivity index is 2.46. The third-order valence-electron chi connectivity index (χ3n) is 2.31. The Hall–Kier alpha value is -2.76. The number of nitrogen functional groups attached to an aromatic ring is 1. The average molecular weight is 243 g/mol. The molecule has 2 rings (SSSR count). The first kappa shape index (κ1) is 11.7. The number of carbonyl (C=O) groups is 1. The Morgan fingerprint density at radius 3 is 2.67 bits per heavy atom. The van der Waals surface area contributed by atoms with E-state index in [1.807, 2.05) is 0 Å². The Labute approximate surface area is 102 Å². The smallest absolute Gasteiger partial charge is 0.272 e. The van der Waals surface area contributed by atoms with Crippen molar-refractivity contribution in [3.8, 4) is 0 Å². The molecule has 0 saturated heterocycles. The van der Waals surface area contributed by atoms with Crippen LogP contribution in [-0.2, 0) is 0 Å². The maximum Gasteiger partial charge on any atom is 0.272 e. The van der Waals surface area contributed by atoms with Gasteiger partial charge in [-0.3, -0.25) is 19.9 Å². The van der Waals surface area contributed by atoms with Crippen LogP contribution in [0.1, 0.15) is 16.1 Å². The van der Waals surface area contributed by atoms with Crippen LogP contribution in [-0.4, -0.2) is 15.7 Å². The lowest BCUT2D eigenvalue weighted by atomic mass is 10.1. The Kier molecular flexibility index (Phi) is 3.01. The van der Waals surface area contributed by atoms with E-state index in [1.165, 1.54) is 30.5 Å². The summed E-state index contributed by atoms with van der Waals surface area (Å²) in [4.78, 5) is 26.0. The van der Waals surface area contributed by atoms with E-state index in [0.717, 1.165) is 0 Å². The molecule has 0 saturated carbocycles. The van der Waals surface area contributed by atoms with Crippen molar-refractivity contribution in [1.29, 1.82) is 0 Å². The molecule has 0 amide bonds. The number of non-ortho nitro benzene ring substituents is 1. The number of rotatable bonds is 3. The molecule has 18 heavy (non-hydrogen) atoms. The molecule has 1 heterocycles. The van der Waals surface area contributed by atoms with Gasteiger partial charge in [-0.1, -0.05) is 6.07 Å². The molecule has 0 aliphatic carbocycles. The molecule has 0 bridgehead atoms. The van der Waals surface area contributed by atoms with Crippen LogP contribution in [0, 0.1) is 10.1 Å². The van der Waals surface area contributed by atoms with Gasteiger partial charge in [-0.15, -0.1) is 0 Å². The summed E-state index contributed by atoms with van der Waals surface area (Å²) >= 11 is 0. The fourth-order valence-corrected chi connectivity index (χ4v) is 1.52. The number of nitrogens with two attached hydrogens (primary N) is 1. The van der Waals surface area contributed by atoms with Gasteiger partial charge < -0.3 is 5.73 Å². The van der Waals surface area contributed by atoms with E-state index in [4.69, 9.17) is 5.73 Å². The highest BCUT2D eigenvalue weighted by Gasteiger charge is 2.15. The van der Waals surface area contributed by atoms with Gasteiger partial charge in [-0.25, -0.2) is 0 Å². The van der Waals surface area contributed by atoms with Gasteiger partial charge in [-0.2, -0.15) is 0 Å². The van der Waals surface area contributed by atoms with Crippen LogP contribution in [0.3, 0.4) is 0 Å². The fraction of sp³-hybridized carbons (Fsp3) is 0. The lowest BCUT2D eigenvalue weighted by Gasteiger charge is -2.02. The van der Waals surface area contributed by atoms with Crippen molar-refractivity contribution >= 4 is 17.2 Å². The molecule has 0 radical (unpaired) electrons. The molecule has 0 aliphatic rings. The molecule has 1 aromatic heterocycles. The fourth-order valence-electron chi connectivity index (χ4n) is 1.52. The zero-order chi connectivity index (χ0) is 13.1. The van der Waals surface area contributed by atoms with E-state index in [0.29, 0.717) is 0 Å².